The number of nitrogens with zero attached hydrogens (tertiary/aromatic N) is 2. The summed E-state index contributed by atoms with van der Waals surface area (Å²) in [6, 6.07) is 14.4. The van der Waals surface area contributed by atoms with E-state index in [4.69, 9.17) is 0 Å². The van der Waals surface area contributed by atoms with E-state index in [0.29, 0.717) is 12.0 Å². The highest BCUT2D eigenvalue weighted by Gasteiger charge is 2.67. The molecule has 0 saturated carbocycles. The topological polar surface area (TPSA) is 61.8 Å². The third kappa shape index (κ3) is 4.26. The van der Waals surface area contributed by atoms with Crippen LogP contribution < -0.4 is 5.32 Å². The number of hydrogen-bond donors (Lipinski definition) is 1. The Balaban J connectivity index is 2.03. The van der Waals surface area contributed by atoms with Gasteiger partial charge in [0, 0.05) is 17.7 Å². The predicted octanol–water partition coefficient (Wildman–Crippen LogP) is 4.67. The van der Waals surface area contributed by atoms with Crippen LogP contribution in [0, 0.1) is 0 Å². The zero-order valence-electron chi connectivity index (χ0n) is 18.5. The fourth-order valence-electron chi connectivity index (χ4n) is 3.49. The first-order valence-electron chi connectivity index (χ1n) is 10.4. The van der Waals surface area contributed by atoms with Crippen LogP contribution in [-0.4, -0.2) is 40.9 Å². The Morgan fingerprint density at radius 3 is 2.12 bits per heavy atom. The van der Waals surface area contributed by atoms with Gasteiger partial charge in [0.2, 0.25) is 0 Å². The van der Waals surface area contributed by atoms with Crippen molar-refractivity contribution in [3.05, 3.63) is 71.3 Å². The van der Waals surface area contributed by atoms with Crippen molar-refractivity contribution in [2.24, 2.45) is 4.99 Å². The molecule has 1 N–H and O–H groups in total. The maximum absolute atomic E-state index is 14.3. The number of rotatable bonds is 5. The number of aliphatic imine (C=N–C) groups is 1. The molecule has 1 atom stereocenters. The van der Waals surface area contributed by atoms with E-state index in [1.165, 1.54) is 12.1 Å². The van der Waals surface area contributed by atoms with Crippen LogP contribution >= 0.6 is 0 Å². The van der Waals surface area contributed by atoms with Gasteiger partial charge in [-0.3, -0.25) is 14.5 Å². The van der Waals surface area contributed by atoms with Crippen molar-refractivity contribution < 1.29 is 22.8 Å². The molecule has 32 heavy (non-hydrogen) atoms. The van der Waals surface area contributed by atoms with Crippen molar-refractivity contribution in [3.63, 3.8) is 0 Å². The van der Waals surface area contributed by atoms with E-state index < -0.39 is 23.7 Å². The highest BCUT2D eigenvalue weighted by Crippen LogP contribution is 2.38. The number of halogens is 3. The second-order valence-electron chi connectivity index (χ2n) is 8.75. The van der Waals surface area contributed by atoms with Crippen molar-refractivity contribution in [3.8, 4) is 0 Å². The highest BCUT2D eigenvalue weighted by atomic mass is 19.4. The fraction of sp³-hybridized carbons (Fsp3) is 0.375. The number of carbonyl (C=O) groups is 2. The van der Waals surface area contributed by atoms with E-state index in [9.17, 15) is 22.8 Å². The second kappa shape index (κ2) is 8.41. The molecular weight excluding hydrogens is 419 g/mol. The van der Waals surface area contributed by atoms with Crippen LogP contribution in [0.3, 0.4) is 0 Å². The lowest BCUT2D eigenvalue weighted by Crippen LogP contribution is -2.63. The first-order valence-corrected chi connectivity index (χ1v) is 10.4. The van der Waals surface area contributed by atoms with Crippen LogP contribution in [0.2, 0.25) is 0 Å². The molecule has 1 aliphatic rings. The normalized spacial score (nSPS) is 19.2. The number of carbonyl (C=O) groups excluding carboxylic acids is 2. The molecule has 0 spiro atoms. The van der Waals surface area contributed by atoms with Gasteiger partial charge in [0.15, 0.2) is 0 Å². The maximum atomic E-state index is 14.3. The molecule has 0 fully saturated rings. The molecular formula is C24H26F3N3O2. The maximum Gasteiger partial charge on any atom is 0.442 e. The van der Waals surface area contributed by atoms with E-state index in [-0.39, 0.29) is 23.4 Å². The van der Waals surface area contributed by atoms with Crippen molar-refractivity contribution in [1.29, 1.82) is 0 Å². The number of alkyl halides is 3. The van der Waals surface area contributed by atoms with E-state index in [1.54, 1.807) is 49.4 Å². The lowest BCUT2D eigenvalue weighted by molar-refractivity contribution is -0.196. The zero-order valence-corrected chi connectivity index (χ0v) is 18.5. The van der Waals surface area contributed by atoms with Gasteiger partial charge >= 0.3 is 11.8 Å². The summed E-state index contributed by atoms with van der Waals surface area (Å²) in [7, 11) is 0. The van der Waals surface area contributed by atoms with Gasteiger partial charge < -0.3 is 5.32 Å². The standard InChI is InChI=1S/C24H26F3N3O2/c1-5-15-30-19(16-9-7-6-8-10-16)28-23(21(30)32,24(25,26)27)29-20(31)17-11-13-18(14-12-17)22(2,3)4/h6-14H,5,15H2,1-4H3,(H,29,31)/t23-/m1/s1. The van der Waals surface area contributed by atoms with Gasteiger partial charge in [-0.05, 0) is 29.5 Å². The van der Waals surface area contributed by atoms with Gasteiger partial charge in [-0.2, -0.15) is 13.2 Å². The van der Waals surface area contributed by atoms with Crippen LogP contribution in [0.1, 0.15) is 55.6 Å². The summed E-state index contributed by atoms with van der Waals surface area (Å²) >= 11 is 0. The Morgan fingerprint density at radius 2 is 1.62 bits per heavy atom. The molecule has 5 nitrogen and oxygen atoms in total. The van der Waals surface area contributed by atoms with Gasteiger partial charge in [0.1, 0.15) is 5.84 Å². The second-order valence-corrected chi connectivity index (χ2v) is 8.75. The van der Waals surface area contributed by atoms with Gasteiger partial charge in [0.25, 0.3) is 11.8 Å². The Labute approximate surface area is 185 Å². The first kappa shape index (κ1) is 23.5. The summed E-state index contributed by atoms with van der Waals surface area (Å²) in [5, 5.41) is 1.90. The minimum Gasteiger partial charge on any atom is -0.312 e. The van der Waals surface area contributed by atoms with Gasteiger partial charge in [0.05, 0.1) is 0 Å². The molecule has 0 bridgehead atoms. The Bertz CT molecular complexity index is 1030. The summed E-state index contributed by atoms with van der Waals surface area (Å²) in [5.74, 6) is -2.45. The van der Waals surface area contributed by atoms with Crippen LogP contribution in [0.5, 0.6) is 0 Å². The molecule has 0 saturated heterocycles. The molecule has 0 unspecified atom stereocenters. The monoisotopic (exact) mass is 445 g/mol. The Kier molecular flexibility index (Phi) is 6.18. The van der Waals surface area contributed by atoms with Gasteiger partial charge in [-0.1, -0.05) is 70.2 Å². The van der Waals surface area contributed by atoms with Crippen molar-refractivity contribution in [1.82, 2.24) is 10.2 Å². The summed E-state index contributed by atoms with van der Waals surface area (Å²) in [6.07, 6.45) is -4.71. The molecule has 2 aromatic rings. The van der Waals surface area contributed by atoms with Crippen molar-refractivity contribution >= 4 is 17.6 Å². The third-order valence-corrected chi connectivity index (χ3v) is 5.28. The number of amides is 2. The average molecular weight is 445 g/mol. The minimum atomic E-state index is -5.13. The molecule has 1 heterocycles. The smallest absolute Gasteiger partial charge is 0.312 e. The van der Waals surface area contributed by atoms with Crippen LogP contribution in [0.4, 0.5) is 13.2 Å². The Hall–Kier alpha value is -3.16. The number of amidine groups is 1. The van der Waals surface area contributed by atoms with Crippen LogP contribution in [0.25, 0.3) is 0 Å². The lowest BCUT2D eigenvalue weighted by atomic mass is 9.86. The Morgan fingerprint density at radius 1 is 1.03 bits per heavy atom. The number of benzene rings is 2. The van der Waals surface area contributed by atoms with E-state index in [1.807, 2.05) is 26.1 Å². The molecule has 170 valence electrons. The largest absolute Gasteiger partial charge is 0.442 e. The summed E-state index contributed by atoms with van der Waals surface area (Å²) < 4.78 is 42.9. The van der Waals surface area contributed by atoms with E-state index >= 15 is 0 Å². The molecule has 1 aliphatic heterocycles. The summed E-state index contributed by atoms with van der Waals surface area (Å²) in [5.41, 5.74) is -2.26. The summed E-state index contributed by atoms with van der Waals surface area (Å²) in [6.45, 7) is 7.75. The van der Waals surface area contributed by atoms with Gasteiger partial charge in [-0.15, -0.1) is 0 Å². The molecule has 0 radical (unpaired) electrons. The van der Waals surface area contributed by atoms with E-state index in [2.05, 4.69) is 4.99 Å². The predicted molar refractivity (Wildman–Crippen MR) is 116 cm³/mol. The lowest BCUT2D eigenvalue weighted by Gasteiger charge is -2.29. The van der Waals surface area contributed by atoms with Crippen molar-refractivity contribution in [2.75, 3.05) is 6.54 Å². The molecule has 0 aromatic heterocycles. The molecule has 8 heteroatoms. The zero-order chi connectivity index (χ0) is 23.7. The van der Waals surface area contributed by atoms with Crippen molar-refractivity contribution in [2.45, 2.75) is 51.4 Å². The third-order valence-electron chi connectivity index (χ3n) is 5.28. The number of nitrogens with one attached hydrogen (secondary N) is 1. The molecule has 2 aromatic carbocycles. The SMILES string of the molecule is CCCN1C(=O)[C@@](NC(=O)c2ccc(C(C)(C)C)cc2)(C(F)(F)F)N=C1c1ccccc1. The molecule has 3 rings (SSSR count). The number of hydrogen-bond acceptors (Lipinski definition) is 3. The minimum absolute atomic E-state index is 0.0137. The van der Waals surface area contributed by atoms with Crippen LogP contribution in [-0.2, 0) is 10.2 Å². The fourth-order valence-corrected chi connectivity index (χ4v) is 3.49. The molecule has 0 aliphatic carbocycles. The van der Waals surface area contributed by atoms with Crippen LogP contribution in [0.15, 0.2) is 59.6 Å². The highest BCUT2D eigenvalue weighted by molar-refractivity contribution is 6.16. The summed E-state index contributed by atoms with van der Waals surface area (Å²) in [4.78, 5) is 30.7. The first-order chi connectivity index (χ1) is 14.9. The van der Waals surface area contributed by atoms with E-state index in [0.717, 1.165) is 10.5 Å². The van der Waals surface area contributed by atoms with Gasteiger partial charge in [-0.25, -0.2) is 4.99 Å². The average Bonchev–Trinajstić information content (AvgIpc) is 3.01. The molecule has 2 amide bonds. The quantitative estimate of drug-likeness (QED) is 0.727.